The second-order valence-corrected chi connectivity index (χ2v) is 6.94. The molecule has 1 aromatic heterocycles. The molecule has 116 valence electrons. The van der Waals surface area contributed by atoms with Gasteiger partial charge in [-0.05, 0) is 25.0 Å². The van der Waals surface area contributed by atoms with Crippen LogP contribution in [0.15, 0.2) is 18.2 Å². The number of nitrogens with zero attached hydrogens (tertiary/aromatic N) is 4. The van der Waals surface area contributed by atoms with Gasteiger partial charge < -0.3 is 9.80 Å². The third-order valence-electron chi connectivity index (χ3n) is 4.27. The molecule has 6 heteroatoms. The van der Waals surface area contributed by atoms with E-state index in [-0.39, 0.29) is 5.92 Å². The van der Waals surface area contributed by atoms with Gasteiger partial charge in [0.25, 0.3) is 0 Å². The largest absolute Gasteiger partial charge is 0.356 e. The molecule has 1 atom stereocenters. The van der Waals surface area contributed by atoms with Crippen LogP contribution >= 0.6 is 11.8 Å². The van der Waals surface area contributed by atoms with Crippen molar-refractivity contribution in [2.75, 3.05) is 42.6 Å². The van der Waals surface area contributed by atoms with Gasteiger partial charge in [-0.3, -0.25) is 4.79 Å². The van der Waals surface area contributed by atoms with Crippen LogP contribution in [0.1, 0.15) is 18.5 Å². The minimum absolute atomic E-state index is 0.0596. The first-order chi connectivity index (χ1) is 10.8. The molecule has 1 amide bonds. The van der Waals surface area contributed by atoms with E-state index >= 15 is 0 Å². The lowest BCUT2D eigenvalue weighted by atomic mass is 9.96. The third kappa shape index (κ3) is 3.36. The van der Waals surface area contributed by atoms with E-state index < -0.39 is 0 Å². The summed E-state index contributed by atoms with van der Waals surface area (Å²) >= 11 is 1.92. The highest BCUT2D eigenvalue weighted by Crippen LogP contribution is 2.24. The normalized spacial score (nSPS) is 22.2. The SMILES string of the molecule is N#Cc1cccc(N2CCCC(C(=O)N3CCSCC3)C2)n1. The third-order valence-corrected chi connectivity index (χ3v) is 5.21. The Labute approximate surface area is 135 Å². The van der Waals surface area contributed by atoms with Crippen molar-refractivity contribution in [3.63, 3.8) is 0 Å². The number of anilines is 1. The highest BCUT2D eigenvalue weighted by atomic mass is 32.2. The maximum absolute atomic E-state index is 12.7. The maximum Gasteiger partial charge on any atom is 0.227 e. The quantitative estimate of drug-likeness (QED) is 0.832. The summed E-state index contributed by atoms with van der Waals surface area (Å²) in [6.07, 6.45) is 1.95. The molecule has 22 heavy (non-hydrogen) atoms. The van der Waals surface area contributed by atoms with Crippen molar-refractivity contribution in [3.05, 3.63) is 23.9 Å². The Kier molecular flexibility index (Phi) is 4.84. The van der Waals surface area contributed by atoms with E-state index in [0.717, 1.165) is 49.8 Å². The molecule has 0 aromatic carbocycles. The molecular weight excluding hydrogens is 296 g/mol. The number of aromatic nitrogens is 1. The molecule has 2 aliphatic rings. The Morgan fingerprint density at radius 3 is 2.91 bits per heavy atom. The molecule has 0 saturated carbocycles. The Balaban J connectivity index is 1.68. The van der Waals surface area contributed by atoms with Crippen LogP contribution in [0.3, 0.4) is 0 Å². The molecule has 0 bridgehead atoms. The predicted molar refractivity (Wildman–Crippen MR) is 87.8 cm³/mol. The summed E-state index contributed by atoms with van der Waals surface area (Å²) < 4.78 is 0. The van der Waals surface area contributed by atoms with Gasteiger partial charge >= 0.3 is 0 Å². The summed E-state index contributed by atoms with van der Waals surface area (Å²) in [5.41, 5.74) is 0.430. The molecule has 3 rings (SSSR count). The minimum Gasteiger partial charge on any atom is -0.356 e. The minimum atomic E-state index is 0.0596. The van der Waals surface area contributed by atoms with Crippen molar-refractivity contribution < 1.29 is 4.79 Å². The summed E-state index contributed by atoms with van der Waals surface area (Å²) in [5.74, 6) is 3.26. The number of amides is 1. The molecule has 5 nitrogen and oxygen atoms in total. The van der Waals surface area contributed by atoms with E-state index in [4.69, 9.17) is 5.26 Å². The maximum atomic E-state index is 12.7. The van der Waals surface area contributed by atoms with Crippen LogP contribution in [0, 0.1) is 17.2 Å². The highest BCUT2D eigenvalue weighted by molar-refractivity contribution is 7.99. The first kappa shape index (κ1) is 15.2. The number of carbonyl (C=O) groups is 1. The molecule has 2 saturated heterocycles. The van der Waals surface area contributed by atoms with Gasteiger partial charge in [0.2, 0.25) is 5.91 Å². The number of rotatable bonds is 2. The molecule has 1 unspecified atom stereocenters. The van der Waals surface area contributed by atoms with Crippen LogP contribution in [0.25, 0.3) is 0 Å². The lowest BCUT2D eigenvalue weighted by Crippen LogP contribution is -2.47. The lowest BCUT2D eigenvalue weighted by molar-refractivity contribution is -0.135. The van der Waals surface area contributed by atoms with Crippen molar-refractivity contribution in [1.82, 2.24) is 9.88 Å². The van der Waals surface area contributed by atoms with Crippen molar-refractivity contribution in [1.29, 1.82) is 5.26 Å². The van der Waals surface area contributed by atoms with E-state index in [1.807, 2.05) is 28.8 Å². The van der Waals surface area contributed by atoms with E-state index in [1.165, 1.54) is 0 Å². The fraction of sp³-hybridized carbons (Fsp3) is 0.562. The molecule has 0 N–H and O–H groups in total. The smallest absolute Gasteiger partial charge is 0.227 e. The summed E-state index contributed by atoms with van der Waals surface area (Å²) in [4.78, 5) is 21.2. The van der Waals surface area contributed by atoms with Gasteiger partial charge in [-0.25, -0.2) is 4.98 Å². The summed E-state index contributed by atoms with van der Waals surface area (Å²) in [7, 11) is 0. The standard InChI is InChI=1S/C16H20N4OS/c17-11-14-4-1-5-15(18-14)20-6-2-3-13(12-20)16(21)19-7-9-22-10-8-19/h1,4-5,13H,2-3,6-10,12H2. The Morgan fingerprint density at radius 2 is 2.14 bits per heavy atom. The first-order valence-corrected chi connectivity index (χ1v) is 8.92. The van der Waals surface area contributed by atoms with Gasteiger partial charge in [0.15, 0.2) is 0 Å². The predicted octanol–water partition coefficient (Wildman–Crippen LogP) is 1.75. The number of piperidine rings is 1. The monoisotopic (exact) mass is 316 g/mol. The first-order valence-electron chi connectivity index (χ1n) is 7.76. The average molecular weight is 316 g/mol. The van der Waals surface area contributed by atoms with Gasteiger partial charge in [0.1, 0.15) is 17.6 Å². The molecule has 0 spiro atoms. The molecule has 3 heterocycles. The topological polar surface area (TPSA) is 60.2 Å². The fourth-order valence-electron chi connectivity index (χ4n) is 3.09. The summed E-state index contributed by atoms with van der Waals surface area (Å²) in [6, 6.07) is 7.56. The van der Waals surface area contributed by atoms with Gasteiger partial charge in [-0.15, -0.1) is 0 Å². The summed E-state index contributed by atoms with van der Waals surface area (Å²) in [5, 5.41) is 8.98. The van der Waals surface area contributed by atoms with Crippen molar-refractivity contribution in [2.45, 2.75) is 12.8 Å². The molecule has 0 radical (unpaired) electrons. The zero-order valence-electron chi connectivity index (χ0n) is 12.6. The van der Waals surface area contributed by atoms with Crippen LogP contribution in [0.5, 0.6) is 0 Å². The van der Waals surface area contributed by atoms with Crippen LogP contribution in [0.4, 0.5) is 5.82 Å². The van der Waals surface area contributed by atoms with Gasteiger partial charge in [0.05, 0.1) is 5.92 Å². The fourth-order valence-corrected chi connectivity index (χ4v) is 3.99. The Morgan fingerprint density at radius 1 is 1.32 bits per heavy atom. The van der Waals surface area contributed by atoms with Crippen molar-refractivity contribution >= 4 is 23.5 Å². The van der Waals surface area contributed by atoms with Crippen LogP contribution in [-0.2, 0) is 4.79 Å². The average Bonchev–Trinajstić information content (AvgIpc) is 2.62. The number of hydrogen-bond donors (Lipinski definition) is 0. The second-order valence-electron chi connectivity index (χ2n) is 5.72. The molecule has 0 aliphatic carbocycles. The Bertz CT molecular complexity index is 580. The van der Waals surface area contributed by atoms with E-state index in [0.29, 0.717) is 18.1 Å². The van der Waals surface area contributed by atoms with E-state index in [2.05, 4.69) is 16.0 Å². The van der Waals surface area contributed by atoms with Crippen LogP contribution in [0.2, 0.25) is 0 Å². The number of pyridine rings is 1. The number of nitriles is 1. The van der Waals surface area contributed by atoms with E-state index in [1.54, 1.807) is 6.07 Å². The van der Waals surface area contributed by atoms with Gasteiger partial charge in [0, 0.05) is 37.7 Å². The van der Waals surface area contributed by atoms with Gasteiger partial charge in [-0.2, -0.15) is 17.0 Å². The number of thioether (sulfide) groups is 1. The van der Waals surface area contributed by atoms with E-state index in [9.17, 15) is 4.79 Å². The molecule has 1 aromatic rings. The summed E-state index contributed by atoms with van der Waals surface area (Å²) in [6.45, 7) is 3.37. The van der Waals surface area contributed by atoms with Crippen LogP contribution < -0.4 is 4.90 Å². The van der Waals surface area contributed by atoms with Crippen LogP contribution in [-0.4, -0.2) is 53.5 Å². The highest BCUT2D eigenvalue weighted by Gasteiger charge is 2.30. The zero-order chi connectivity index (χ0) is 15.4. The van der Waals surface area contributed by atoms with Gasteiger partial charge in [-0.1, -0.05) is 6.07 Å². The Hall–Kier alpha value is -1.74. The van der Waals surface area contributed by atoms with Crippen molar-refractivity contribution in [3.8, 4) is 6.07 Å². The molecule has 2 fully saturated rings. The zero-order valence-corrected chi connectivity index (χ0v) is 13.4. The lowest BCUT2D eigenvalue weighted by Gasteiger charge is -2.36. The molecular formula is C16H20N4OS. The number of hydrogen-bond acceptors (Lipinski definition) is 5. The molecule has 2 aliphatic heterocycles. The number of carbonyl (C=O) groups excluding carboxylic acids is 1. The van der Waals surface area contributed by atoms with Crippen molar-refractivity contribution in [2.24, 2.45) is 5.92 Å². The second kappa shape index (κ2) is 7.01.